The van der Waals surface area contributed by atoms with E-state index in [-0.39, 0.29) is 17.3 Å². The Kier molecular flexibility index (Phi) is 6.84. The average Bonchev–Trinajstić information content (AvgIpc) is 3.08. The third-order valence-corrected chi connectivity index (χ3v) is 7.04. The third-order valence-electron chi connectivity index (χ3n) is 4.34. The maximum atomic E-state index is 12.7. The van der Waals surface area contributed by atoms with Crippen molar-refractivity contribution in [2.24, 2.45) is 0 Å². The minimum atomic E-state index is -3.87. The number of sulfonamides is 1. The van der Waals surface area contributed by atoms with Gasteiger partial charge in [0.2, 0.25) is 21.8 Å². The summed E-state index contributed by atoms with van der Waals surface area (Å²) in [4.78, 5) is 29.0. The van der Waals surface area contributed by atoms with Crippen molar-refractivity contribution in [3.05, 3.63) is 59.5 Å². The highest BCUT2D eigenvalue weighted by Gasteiger charge is 2.23. The molecule has 2 N–H and O–H groups in total. The fourth-order valence-corrected chi connectivity index (χ4v) is 4.83. The van der Waals surface area contributed by atoms with Gasteiger partial charge in [0.25, 0.3) is 0 Å². The molecule has 0 atom stereocenters. The standard InChI is InChI=1S/C21H22N4O4S2/c1-14-20(16-7-5-4-6-8-16)24-21(30-14)23-19(27)13-25(3)31(28,29)18-11-9-17(10-12-18)22-15(2)26/h4-12H,13H2,1-3H3,(H,22,26)(H,23,24,27). The van der Waals surface area contributed by atoms with Gasteiger partial charge < -0.3 is 10.6 Å². The first kappa shape index (κ1) is 22.6. The number of thiazole rings is 1. The van der Waals surface area contributed by atoms with Crippen LogP contribution in [0.4, 0.5) is 10.8 Å². The summed E-state index contributed by atoms with van der Waals surface area (Å²) in [7, 11) is -2.54. The lowest BCUT2D eigenvalue weighted by Gasteiger charge is -2.16. The van der Waals surface area contributed by atoms with Crippen LogP contribution >= 0.6 is 11.3 Å². The molecule has 0 unspecified atom stereocenters. The maximum absolute atomic E-state index is 12.7. The number of anilines is 2. The van der Waals surface area contributed by atoms with Crippen LogP contribution in [0.25, 0.3) is 11.3 Å². The van der Waals surface area contributed by atoms with E-state index in [0.717, 1.165) is 20.4 Å². The van der Waals surface area contributed by atoms with E-state index in [1.807, 2.05) is 37.3 Å². The average molecular weight is 459 g/mol. The van der Waals surface area contributed by atoms with Crippen LogP contribution in [0.15, 0.2) is 59.5 Å². The summed E-state index contributed by atoms with van der Waals surface area (Å²) in [6, 6.07) is 15.4. The molecule has 0 bridgehead atoms. The van der Waals surface area contributed by atoms with Crippen LogP contribution in [0, 0.1) is 6.92 Å². The monoisotopic (exact) mass is 458 g/mol. The molecule has 1 heterocycles. The van der Waals surface area contributed by atoms with Crippen LogP contribution in [0.1, 0.15) is 11.8 Å². The topological polar surface area (TPSA) is 108 Å². The molecule has 0 spiro atoms. The molecule has 0 aliphatic rings. The lowest BCUT2D eigenvalue weighted by atomic mass is 10.1. The lowest BCUT2D eigenvalue weighted by Crippen LogP contribution is -2.34. The number of hydrogen-bond acceptors (Lipinski definition) is 6. The number of aryl methyl sites for hydroxylation is 1. The number of hydrogen-bond donors (Lipinski definition) is 2. The van der Waals surface area contributed by atoms with Crippen molar-refractivity contribution in [1.29, 1.82) is 0 Å². The molecular weight excluding hydrogens is 436 g/mol. The molecule has 0 aliphatic carbocycles. The number of aromatic nitrogens is 1. The molecule has 0 aliphatic heterocycles. The number of carbonyl (C=O) groups excluding carboxylic acids is 2. The van der Waals surface area contributed by atoms with Gasteiger partial charge in [-0.15, -0.1) is 11.3 Å². The Morgan fingerprint density at radius 2 is 1.68 bits per heavy atom. The lowest BCUT2D eigenvalue weighted by molar-refractivity contribution is -0.116. The zero-order valence-electron chi connectivity index (χ0n) is 17.2. The molecule has 3 rings (SSSR count). The number of carbonyl (C=O) groups is 2. The number of nitrogens with zero attached hydrogens (tertiary/aromatic N) is 2. The van der Waals surface area contributed by atoms with E-state index in [9.17, 15) is 18.0 Å². The van der Waals surface area contributed by atoms with Crippen molar-refractivity contribution in [2.75, 3.05) is 24.2 Å². The first-order valence-electron chi connectivity index (χ1n) is 9.33. The predicted molar refractivity (Wildman–Crippen MR) is 121 cm³/mol. The first-order chi connectivity index (χ1) is 14.7. The van der Waals surface area contributed by atoms with Crippen molar-refractivity contribution in [3.8, 4) is 11.3 Å². The summed E-state index contributed by atoms with van der Waals surface area (Å²) in [6.45, 7) is 2.91. The van der Waals surface area contributed by atoms with Gasteiger partial charge >= 0.3 is 0 Å². The van der Waals surface area contributed by atoms with Crippen LogP contribution in [0.5, 0.6) is 0 Å². The van der Waals surface area contributed by atoms with Crippen molar-refractivity contribution < 1.29 is 18.0 Å². The van der Waals surface area contributed by atoms with Crippen molar-refractivity contribution in [1.82, 2.24) is 9.29 Å². The highest BCUT2D eigenvalue weighted by atomic mass is 32.2. The fourth-order valence-electron chi connectivity index (χ4n) is 2.85. The number of benzene rings is 2. The third kappa shape index (κ3) is 5.54. The maximum Gasteiger partial charge on any atom is 0.243 e. The van der Waals surface area contributed by atoms with Crippen LogP contribution in [0.2, 0.25) is 0 Å². The quantitative estimate of drug-likeness (QED) is 0.565. The second-order valence-corrected chi connectivity index (χ2v) is 10.1. The zero-order valence-corrected chi connectivity index (χ0v) is 18.9. The van der Waals surface area contributed by atoms with E-state index in [4.69, 9.17) is 0 Å². The van der Waals surface area contributed by atoms with E-state index in [0.29, 0.717) is 10.8 Å². The molecule has 8 nitrogen and oxygen atoms in total. The Morgan fingerprint density at radius 3 is 2.29 bits per heavy atom. The minimum absolute atomic E-state index is 0.0216. The highest BCUT2D eigenvalue weighted by molar-refractivity contribution is 7.89. The zero-order chi connectivity index (χ0) is 22.6. The van der Waals surface area contributed by atoms with Crippen LogP contribution < -0.4 is 10.6 Å². The predicted octanol–water partition coefficient (Wildman–Crippen LogP) is 3.34. The van der Waals surface area contributed by atoms with E-state index >= 15 is 0 Å². The van der Waals surface area contributed by atoms with E-state index in [1.165, 1.54) is 49.6 Å². The van der Waals surface area contributed by atoms with Gasteiger partial charge in [-0.05, 0) is 31.2 Å². The van der Waals surface area contributed by atoms with E-state index in [1.54, 1.807) is 0 Å². The van der Waals surface area contributed by atoms with E-state index < -0.39 is 15.9 Å². The molecule has 162 valence electrons. The molecule has 1 aromatic heterocycles. The summed E-state index contributed by atoms with van der Waals surface area (Å²) in [5.74, 6) is -0.744. The first-order valence-corrected chi connectivity index (χ1v) is 11.6. The molecule has 10 heteroatoms. The number of nitrogens with one attached hydrogen (secondary N) is 2. The van der Waals surface area contributed by atoms with Crippen LogP contribution in [0.3, 0.4) is 0 Å². The molecule has 2 aromatic carbocycles. The Balaban J connectivity index is 1.67. The normalized spacial score (nSPS) is 11.4. The van der Waals surface area contributed by atoms with Gasteiger partial charge in [-0.3, -0.25) is 9.59 Å². The summed E-state index contributed by atoms with van der Waals surface area (Å²) >= 11 is 1.33. The molecule has 0 saturated carbocycles. The largest absolute Gasteiger partial charge is 0.326 e. The van der Waals surface area contributed by atoms with Crippen LogP contribution in [-0.4, -0.2) is 43.1 Å². The minimum Gasteiger partial charge on any atom is -0.326 e. The molecule has 0 saturated heterocycles. The van der Waals surface area contributed by atoms with Crippen molar-refractivity contribution >= 4 is 44.0 Å². The van der Waals surface area contributed by atoms with Gasteiger partial charge in [0.1, 0.15) is 0 Å². The summed E-state index contributed by atoms with van der Waals surface area (Å²) in [6.07, 6.45) is 0. The molecule has 31 heavy (non-hydrogen) atoms. The molecule has 2 amide bonds. The molecule has 0 radical (unpaired) electrons. The highest BCUT2D eigenvalue weighted by Crippen LogP contribution is 2.30. The Labute approximate surface area is 185 Å². The summed E-state index contributed by atoms with van der Waals surface area (Å²) in [5, 5.41) is 5.66. The van der Waals surface area contributed by atoms with E-state index in [2.05, 4.69) is 15.6 Å². The van der Waals surface area contributed by atoms with Gasteiger partial charge in [-0.25, -0.2) is 13.4 Å². The number of amides is 2. The molecule has 0 fully saturated rings. The smallest absolute Gasteiger partial charge is 0.243 e. The number of rotatable bonds is 7. The van der Waals surface area contributed by atoms with Gasteiger partial charge in [0.05, 0.1) is 17.1 Å². The van der Waals surface area contributed by atoms with Crippen LogP contribution in [-0.2, 0) is 19.6 Å². The Hall–Kier alpha value is -3.08. The molecular formula is C21H22N4O4S2. The van der Waals surface area contributed by atoms with Crippen molar-refractivity contribution in [3.63, 3.8) is 0 Å². The molecule has 3 aromatic rings. The van der Waals surface area contributed by atoms with Crippen molar-refractivity contribution in [2.45, 2.75) is 18.7 Å². The second kappa shape index (κ2) is 9.38. The van der Waals surface area contributed by atoms with Gasteiger partial charge in [0, 0.05) is 30.1 Å². The second-order valence-electron chi connectivity index (χ2n) is 6.80. The Morgan fingerprint density at radius 1 is 1.03 bits per heavy atom. The number of likely N-dealkylation sites (N-methyl/N-ethyl adjacent to an activating group) is 1. The van der Waals surface area contributed by atoms with Gasteiger partial charge in [-0.2, -0.15) is 4.31 Å². The summed E-state index contributed by atoms with van der Waals surface area (Å²) in [5.41, 5.74) is 2.21. The fraction of sp³-hybridized carbons (Fsp3) is 0.190. The SMILES string of the molecule is CC(=O)Nc1ccc(S(=O)(=O)N(C)CC(=O)Nc2nc(-c3ccccc3)c(C)s2)cc1. The van der Waals surface area contributed by atoms with Gasteiger partial charge in [0.15, 0.2) is 5.13 Å². The summed E-state index contributed by atoms with van der Waals surface area (Å²) < 4.78 is 26.5. The Bertz CT molecular complexity index is 1190. The van der Waals surface area contributed by atoms with Gasteiger partial charge in [-0.1, -0.05) is 30.3 Å².